The van der Waals surface area contributed by atoms with E-state index in [0.29, 0.717) is 6.54 Å². The maximum Gasteiger partial charge on any atom is 0.241 e. The summed E-state index contributed by atoms with van der Waals surface area (Å²) >= 11 is 0. The molecule has 1 aliphatic heterocycles. The zero-order valence-corrected chi connectivity index (χ0v) is 16.5. The molecular formula is C24H25N3O2. The third-order valence-corrected chi connectivity index (χ3v) is 5.17. The molecule has 2 heterocycles. The summed E-state index contributed by atoms with van der Waals surface area (Å²) in [5.74, 6) is 0.881. The molecule has 1 atom stereocenters. The summed E-state index contributed by atoms with van der Waals surface area (Å²) in [5, 5.41) is 6.98. The predicted molar refractivity (Wildman–Crippen MR) is 113 cm³/mol. The van der Waals surface area contributed by atoms with Crippen LogP contribution in [0.3, 0.4) is 0 Å². The molecule has 0 saturated heterocycles. The van der Waals surface area contributed by atoms with Crippen molar-refractivity contribution in [2.75, 3.05) is 13.1 Å². The molecular weight excluding hydrogens is 362 g/mol. The van der Waals surface area contributed by atoms with Crippen LogP contribution < -0.4 is 5.32 Å². The van der Waals surface area contributed by atoms with Crippen LogP contribution in [0, 0.1) is 6.92 Å². The van der Waals surface area contributed by atoms with Gasteiger partial charge in [0, 0.05) is 32.1 Å². The van der Waals surface area contributed by atoms with E-state index in [1.165, 1.54) is 11.1 Å². The SMILES string of the molecule is Cc1cc(CCN2CC=C[C@H]2C(=O)NCc2ccc(-c3ccccc3)cc2)on1. The van der Waals surface area contributed by atoms with Crippen molar-refractivity contribution in [3.63, 3.8) is 0 Å². The largest absolute Gasteiger partial charge is 0.361 e. The Bertz CT molecular complexity index is 977. The van der Waals surface area contributed by atoms with Crippen LogP contribution in [0.25, 0.3) is 11.1 Å². The van der Waals surface area contributed by atoms with Gasteiger partial charge in [-0.05, 0) is 23.6 Å². The molecule has 0 saturated carbocycles. The first-order valence-corrected chi connectivity index (χ1v) is 9.94. The Balaban J connectivity index is 1.30. The summed E-state index contributed by atoms with van der Waals surface area (Å²) < 4.78 is 5.27. The van der Waals surface area contributed by atoms with E-state index >= 15 is 0 Å². The lowest BCUT2D eigenvalue weighted by Gasteiger charge is -2.23. The Morgan fingerprint density at radius 2 is 1.90 bits per heavy atom. The second kappa shape index (κ2) is 8.88. The highest BCUT2D eigenvalue weighted by Crippen LogP contribution is 2.19. The molecule has 3 aromatic rings. The maximum absolute atomic E-state index is 12.7. The number of nitrogens with zero attached hydrogens (tertiary/aromatic N) is 2. The van der Waals surface area contributed by atoms with Gasteiger partial charge in [-0.15, -0.1) is 0 Å². The first-order chi connectivity index (χ1) is 14.2. The average molecular weight is 387 g/mol. The van der Waals surface area contributed by atoms with E-state index in [0.717, 1.165) is 36.5 Å². The normalized spacial score (nSPS) is 16.2. The molecule has 0 fully saturated rings. The van der Waals surface area contributed by atoms with Gasteiger partial charge in [-0.3, -0.25) is 9.69 Å². The van der Waals surface area contributed by atoms with Gasteiger partial charge in [0.05, 0.1) is 5.69 Å². The lowest BCUT2D eigenvalue weighted by atomic mass is 10.0. The smallest absolute Gasteiger partial charge is 0.241 e. The van der Waals surface area contributed by atoms with Gasteiger partial charge < -0.3 is 9.84 Å². The first-order valence-electron chi connectivity index (χ1n) is 9.94. The molecule has 0 radical (unpaired) electrons. The summed E-state index contributed by atoms with van der Waals surface area (Å²) in [5.41, 5.74) is 4.33. The Hall–Kier alpha value is -3.18. The van der Waals surface area contributed by atoms with Gasteiger partial charge in [0.2, 0.25) is 5.91 Å². The van der Waals surface area contributed by atoms with E-state index in [9.17, 15) is 4.79 Å². The molecule has 2 aromatic carbocycles. The molecule has 148 valence electrons. The second-order valence-electron chi connectivity index (χ2n) is 7.33. The number of benzene rings is 2. The minimum atomic E-state index is -0.234. The maximum atomic E-state index is 12.7. The number of aryl methyl sites for hydroxylation is 1. The van der Waals surface area contributed by atoms with Crippen LogP contribution >= 0.6 is 0 Å². The summed E-state index contributed by atoms with van der Waals surface area (Å²) in [6, 6.07) is 20.3. The lowest BCUT2D eigenvalue weighted by Crippen LogP contribution is -2.43. The summed E-state index contributed by atoms with van der Waals surface area (Å²) in [6.07, 6.45) is 4.76. The van der Waals surface area contributed by atoms with Crippen molar-refractivity contribution in [3.8, 4) is 11.1 Å². The Morgan fingerprint density at radius 1 is 1.14 bits per heavy atom. The van der Waals surface area contributed by atoms with E-state index in [1.54, 1.807) is 0 Å². The molecule has 5 heteroatoms. The van der Waals surface area contributed by atoms with Gasteiger partial charge in [0.25, 0.3) is 0 Å². The monoisotopic (exact) mass is 387 g/mol. The van der Waals surface area contributed by atoms with Crippen LogP contribution in [-0.2, 0) is 17.8 Å². The zero-order chi connectivity index (χ0) is 20.1. The number of carbonyl (C=O) groups excluding carboxylic acids is 1. The van der Waals surface area contributed by atoms with Gasteiger partial charge in [0.1, 0.15) is 11.8 Å². The molecule has 1 amide bonds. The Morgan fingerprint density at radius 3 is 2.62 bits per heavy atom. The van der Waals surface area contributed by atoms with Gasteiger partial charge in [-0.2, -0.15) is 0 Å². The molecule has 0 bridgehead atoms. The van der Waals surface area contributed by atoms with Crippen LogP contribution in [0.1, 0.15) is 17.0 Å². The van der Waals surface area contributed by atoms with E-state index in [1.807, 2.05) is 43.3 Å². The van der Waals surface area contributed by atoms with Crippen LogP contribution in [-0.4, -0.2) is 35.1 Å². The zero-order valence-electron chi connectivity index (χ0n) is 16.5. The Labute approximate surface area is 171 Å². The molecule has 1 aliphatic rings. The van der Waals surface area contributed by atoms with E-state index in [2.05, 4.69) is 51.8 Å². The summed E-state index contributed by atoms with van der Waals surface area (Å²) in [6.45, 7) is 3.96. The molecule has 1 aromatic heterocycles. The fraction of sp³-hybridized carbons (Fsp3) is 0.250. The molecule has 0 aliphatic carbocycles. The quantitative estimate of drug-likeness (QED) is 0.628. The molecule has 1 N–H and O–H groups in total. The molecule has 0 unspecified atom stereocenters. The van der Waals surface area contributed by atoms with Crippen molar-refractivity contribution in [2.24, 2.45) is 0 Å². The minimum absolute atomic E-state index is 0.0274. The van der Waals surface area contributed by atoms with Crippen molar-refractivity contribution < 1.29 is 9.32 Å². The van der Waals surface area contributed by atoms with Crippen molar-refractivity contribution in [2.45, 2.75) is 25.9 Å². The number of amides is 1. The van der Waals surface area contributed by atoms with Gasteiger partial charge in [-0.1, -0.05) is 71.9 Å². The molecule has 4 rings (SSSR count). The molecule has 29 heavy (non-hydrogen) atoms. The fourth-order valence-electron chi connectivity index (χ4n) is 3.57. The number of rotatable bonds is 7. The molecule has 0 spiro atoms. The number of hydrogen-bond donors (Lipinski definition) is 1. The van der Waals surface area contributed by atoms with Crippen LogP contribution in [0.15, 0.2) is 77.3 Å². The highest BCUT2D eigenvalue weighted by Gasteiger charge is 2.26. The van der Waals surface area contributed by atoms with Crippen molar-refractivity contribution >= 4 is 5.91 Å². The summed E-state index contributed by atoms with van der Waals surface area (Å²) in [4.78, 5) is 14.8. The average Bonchev–Trinajstić information content (AvgIpc) is 3.40. The summed E-state index contributed by atoms with van der Waals surface area (Å²) in [7, 11) is 0. The van der Waals surface area contributed by atoms with Crippen LogP contribution in [0.5, 0.6) is 0 Å². The van der Waals surface area contributed by atoms with Gasteiger partial charge >= 0.3 is 0 Å². The second-order valence-corrected chi connectivity index (χ2v) is 7.33. The Kier molecular flexibility index (Phi) is 5.86. The van der Waals surface area contributed by atoms with E-state index in [4.69, 9.17) is 4.52 Å². The standard InChI is InChI=1S/C24H25N3O2/c1-18-16-22(29-26-18)13-15-27-14-5-8-23(27)24(28)25-17-19-9-11-21(12-10-19)20-6-3-2-4-7-20/h2-12,16,23H,13-15,17H2,1H3,(H,25,28)/t23-/m0/s1. The van der Waals surface area contributed by atoms with E-state index < -0.39 is 0 Å². The molecule has 5 nitrogen and oxygen atoms in total. The highest BCUT2D eigenvalue weighted by molar-refractivity contribution is 5.84. The van der Waals surface area contributed by atoms with Crippen molar-refractivity contribution in [1.82, 2.24) is 15.4 Å². The lowest BCUT2D eigenvalue weighted by molar-refractivity contribution is -0.124. The number of aromatic nitrogens is 1. The van der Waals surface area contributed by atoms with Crippen LogP contribution in [0.4, 0.5) is 0 Å². The van der Waals surface area contributed by atoms with Crippen molar-refractivity contribution in [1.29, 1.82) is 0 Å². The first kappa shape index (κ1) is 19.2. The third-order valence-electron chi connectivity index (χ3n) is 5.17. The van der Waals surface area contributed by atoms with Crippen molar-refractivity contribution in [3.05, 3.63) is 89.8 Å². The van der Waals surface area contributed by atoms with Gasteiger partial charge in [0.15, 0.2) is 0 Å². The highest BCUT2D eigenvalue weighted by atomic mass is 16.5. The number of hydrogen-bond acceptors (Lipinski definition) is 4. The number of nitrogens with one attached hydrogen (secondary N) is 1. The minimum Gasteiger partial charge on any atom is -0.361 e. The topological polar surface area (TPSA) is 58.4 Å². The number of carbonyl (C=O) groups is 1. The van der Waals surface area contributed by atoms with Gasteiger partial charge in [-0.25, -0.2) is 0 Å². The fourth-order valence-corrected chi connectivity index (χ4v) is 3.57. The third kappa shape index (κ3) is 4.81. The predicted octanol–water partition coefficient (Wildman–Crippen LogP) is 3.75. The van der Waals surface area contributed by atoms with E-state index in [-0.39, 0.29) is 11.9 Å². The van der Waals surface area contributed by atoms with Crippen LogP contribution in [0.2, 0.25) is 0 Å².